The molecule has 0 spiro atoms. The van der Waals surface area contributed by atoms with Crippen molar-refractivity contribution in [2.45, 2.75) is 13.5 Å². The third-order valence-corrected chi connectivity index (χ3v) is 2.92. The predicted molar refractivity (Wildman–Crippen MR) is 70.9 cm³/mol. The molecule has 1 rings (SSSR count). The highest BCUT2D eigenvalue weighted by Crippen LogP contribution is 2.20. The van der Waals surface area contributed by atoms with Gasteiger partial charge in [0.25, 0.3) is 0 Å². The molecule has 0 fully saturated rings. The summed E-state index contributed by atoms with van der Waals surface area (Å²) < 4.78 is 5.32. The molecule has 0 bridgehead atoms. The molecule has 1 aromatic carbocycles. The molecule has 0 aliphatic carbocycles. The number of methoxy groups -OCH3 is 1. The molecule has 0 aromatic heterocycles. The highest BCUT2D eigenvalue weighted by atomic mass is 32.1. The van der Waals surface area contributed by atoms with Crippen molar-refractivity contribution in [3.63, 3.8) is 0 Å². The Morgan fingerprint density at radius 2 is 2.19 bits per heavy atom. The fourth-order valence-corrected chi connectivity index (χ4v) is 1.61. The van der Waals surface area contributed by atoms with Crippen molar-refractivity contribution < 1.29 is 4.74 Å². The maximum atomic E-state index is 5.32. The molecule has 16 heavy (non-hydrogen) atoms. The van der Waals surface area contributed by atoms with Crippen LogP contribution in [0.4, 0.5) is 0 Å². The summed E-state index contributed by atoms with van der Waals surface area (Å²) in [5.41, 5.74) is 2.36. The fraction of sp³-hybridized carbons (Fsp3) is 0.417. The number of hydrogen-bond acceptors (Lipinski definition) is 2. The van der Waals surface area contributed by atoms with E-state index in [2.05, 4.69) is 18.3 Å². The smallest absolute Gasteiger partial charge is 0.168 e. The maximum absolute atomic E-state index is 5.32. The predicted octanol–water partition coefficient (Wildman–Crippen LogP) is 1.94. The van der Waals surface area contributed by atoms with Crippen LogP contribution in [0.1, 0.15) is 11.1 Å². The number of hydrogen-bond donors (Lipinski definition) is 1. The minimum absolute atomic E-state index is 0.726. The molecule has 4 heteroatoms. The van der Waals surface area contributed by atoms with Gasteiger partial charge in [-0.2, -0.15) is 0 Å². The van der Waals surface area contributed by atoms with Crippen LogP contribution in [-0.2, 0) is 6.54 Å². The van der Waals surface area contributed by atoms with Crippen molar-refractivity contribution in [2.24, 2.45) is 0 Å². The van der Waals surface area contributed by atoms with Gasteiger partial charge in [0, 0.05) is 26.2 Å². The van der Waals surface area contributed by atoms with Crippen LogP contribution in [0.5, 0.6) is 5.75 Å². The zero-order chi connectivity index (χ0) is 12.1. The molecule has 1 aromatic rings. The number of thiocarbonyl (C=S) groups is 1. The van der Waals surface area contributed by atoms with Gasteiger partial charge in [-0.25, -0.2) is 0 Å². The highest BCUT2D eigenvalue weighted by molar-refractivity contribution is 7.80. The SMILES string of the molecule is CNC(=S)N(C)Cc1cc(C)ccc1OC. The minimum Gasteiger partial charge on any atom is -0.496 e. The Kier molecular flexibility index (Phi) is 4.55. The standard InChI is InChI=1S/C12H18N2OS/c1-9-5-6-11(15-4)10(7-9)8-14(3)12(16)13-2/h5-7H,8H2,1-4H3,(H,13,16). The lowest BCUT2D eigenvalue weighted by atomic mass is 10.1. The molecule has 0 saturated heterocycles. The number of aryl methyl sites for hydroxylation is 1. The Bertz CT molecular complexity index is 379. The molecule has 0 amide bonds. The lowest BCUT2D eigenvalue weighted by molar-refractivity contribution is 0.398. The first-order valence-electron chi connectivity index (χ1n) is 5.15. The lowest BCUT2D eigenvalue weighted by Gasteiger charge is -2.21. The largest absolute Gasteiger partial charge is 0.496 e. The van der Waals surface area contributed by atoms with Crippen LogP contribution in [0.2, 0.25) is 0 Å². The average molecular weight is 238 g/mol. The van der Waals surface area contributed by atoms with Crippen molar-refractivity contribution in [3.8, 4) is 5.75 Å². The van der Waals surface area contributed by atoms with Gasteiger partial charge in [-0.1, -0.05) is 17.7 Å². The number of ether oxygens (including phenoxy) is 1. The van der Waals surface area contributed by atoms with E-state index in [9.17, 15) is 0 Å². The topological polar surface area (TPSA) is 24.5 Å². The second-order valence-corrected chi connectivity index (χ2v) is 4.11. The second kappa shape index (κ2) is 5.70. The monoisotopic (exact) mass is 238 g/mol. The normalized spacial score (nSPS) is 9.75. The number of nitrogens with zero attached hydrogens (tertiary/aromatic N) is 1. The Hall–Kier alpha value is -1.29. The lowest BCUT2D eigenvalue weighted by Crippen LogP contribution is -2.34. The summed E-state index contributed by atoms with van der Waals surface area (Å²) in [4.78, 5) is 1.98. The van der Waals surface area contributed by atoms with Crippen molar-refractivity contribution in [1.82, 2.24) is 10.2 Å². The van der Waals surface area contributed by atoms with E-state index in [0.717, 1.165) is 23.0 Å². The first kappa shape index (κ1) is 12.8. The first-order valence-corrected chi connectivity index (χ1v) is 5.55. The summed E-state index contributed by atoms with van der Waals surface area (Å²) in [6.07, 6.45) is 0. The van der Waals surface area contributed by atoms with Crippen molar-refractivity contribution in [1.29, 1.82) is 0 Å². The summed E-state index contributed by atoms with van der Waals surface area (Å²) in [5.74, 6) is 0.899. The fourth-order valence-electron chi connectivity index (χ4n) is 1.55. The van der Waals surface area contributed by atoms with E-state index >= 15 is 0 Å². The molecule has 0 radical (unpaired) electrons. The third kappa shape index (κ3) is 3.10. The van der Waals surface area contributed by atoms with E-state index in [-0.39, 0.29) is 0 Å². The van der Waals surface area contributed by atoms with Crippen LogP contribution in [0, 0.1) is 6.92 Å². The van der Waals surface area contributed by atoms with Crippen LogP contribution in [-0.4, -0.2) is 31.2 Å². The summed E-state index contributed by atoms with van der Waals surface area (Å²) >= 11 is 5.16. The van der Waals surface area contributed by atoms with Crippen molar-refractivity contribution in [2.75, 3.05) is 21.2 Å². The van der Waals surface area contributed by atoms with Crippen LogP contribution in [0.15, 0.2) is 18.2 Å². The Morgan fingerprint density at radius 1 is 1.50 bits per heavy atom. The molecule has 0 unspecified atom stereocenters. The second-order valence-electron chi connectivity index (χ2n) is 3.73. The minimum atomic E-state index is 0.726. The van der Waals surface area contributed by atoms with E-state index in [1.54, 1.807) is 7.11 Å². The quantitative estimate of drug-likeness (QED) is 0.813. The Labute approximate surface area is 102 Å². The van der Waals surface area contributed by atoms with Gasteiger partial charge in [-0.05, 0) is 25.2 Å². The molecule has 0 saturated carbocycles. The zero-order valence-electron chi connectivity index (χ0n) is 10.2. The molecule has 0 heterocycles. The summed E-state index contributed by atoms with van der Waals surface area (Å²) in [6, 6.07) is 6.15. The van der Waals surface area contributed by atoms with E-state index < -0.39 is 0 Å². The van der Waals surface area contributed by atoms with Crippen molar-refractivity contribution in [3.05, 3.63) is 29.3 Å². The van der Waals surface area contributed by atoms with Crippen molar-refractivity contribution >= 4 is 17.3 Å². The molecule has 3 nitrogen and oxygen atoms in total. The van der Waals surface area contributed by atoms with E-state index in [4.69, 9.17) is 17.0 Å². The van der Waals surface area contributed by atoms with Crippen LogP contribution in [0.3, 0.4) is 0 Å². The number of nitrogens with one attached hydrogen (secondary N) is 1. The van der Waals surface area contributed by atoms with Gasteiger partial charge in [0.05, 0.1) is 7.11 Å². The van der Waals surface area contributed by atoms with Crippen LogP contribution < -0.4 is 10.1 Å². The number of rotatable bonds is 3. The highest BCUT2D eigenvalue weighted by Gasteiger charge is 2.08. The summed E-state index contributed by atoms with van der Waals surface area (Å²) in [6.45, 7) is 2.81. The molecule has 88 valence electrons. The number of benzene rings is 1. The molecule has 0 aliphatic heterocycles. The van der Waals surface area contributed by atoms with Gasteiger partial charge >= 0.3 is 0 Å². The molecular weight excluding hydrogens is 220 g/mol. The van der Waals surface area contributed by atoms with E-state index in [0.29, 0.717) is 0 Å². The van der Waals surface area contributed by atoms with Gasteiger partial charge in [0.2, 0.25) is 0 Å². The Morgan fingerprint density at radius 3 is 2.75 bits per heavy atom. The van der Waals surface area contributed by atoms with Gasteiger partial charge in [0.15, 0.2) is 5.11 Å². The van der Waals surface area contributed by atoms with Crippen LogP contribution >= 0.6 is 12.2 Å². The van der Waals surface area contributed by atoms with Gasteiger partial charge in [-0.15, -0.1) is 0 Å². The van der Waals surface area contributed by atoms with Gasteiger partial charge < -0.3 is 15.0 Å². The summed E-state index contributed by atoms with van der Waals surface area (Å²) in [5, 5.41) is 3.68. The molecule has 0 atom stereocenters. The Balaban J connectivity index is 2.86. The summed E-state index contributed by atoms with van der Waals surface area (Å²) in [7, 11) is 5.47. The van der Waals surface area contributed by atoms with Gasteiger partial charge in [0.1, 0.15) is 5.75 Å². The average Bonchev–Trinajstić information content (AvgIpc) is 2.28. The molecule has 0 aliphatic rings. The van der Waals surface area contributed by atoms with E-state index in [1.165, 1.54) is 5.56 Å². The zero-order valence-corrected chi connectivity index (χ0v) is 11.0. The third-order valence-electron chi connectivity index (χ3n) is 2.40. The van der Waals surface area contributed by atoms with Crippen LogP contribution in [0.25, 0.3) is 0 Å². The maximum Gasteiger partial charge on any atom is 0.168 e. The first-order chi connectivity index (χ1) is 7.58. The molecule has 1 N–H and O–H groups in total. The van der Waals surface area contributed by atoms with E-state index in [1.807, 2.05) is 31.1 Å². The molecular formula is C12H18N2OS. The van der Waals surface area contributed by atoms with Gasteiger partial charge in [-0.3, -0.25) is 0 Å².